The highest BCUT2D eigenvalue weighted by molar-refractivity contribution is 4.98. The summed E-state index contributed by atoms with van der Waals surface area (Å²) in [7, 11) is 0. The number of nitrogens with one attached hydrogen (secondary N) is 1. The zero-order valence-corrected chi connectivity index (χ0v) is 12.9. The van der Waals surface area contributed by atoms with Gasteiger partial charge in [-0.15, -0.1) is 0 Å². The van der Waals surface area contributed by atoms with Crippen LogP contribution in [0.1, 0.15) is 47.5 Å². The van der Waals surface area contributed by atoms with Crippen molar-refractivity contribution in [2.75, 3.05) is 32.7 Å². The zero-order valence-electron chi connectivity index (χ0n) is 12.9. The van der Waals surface area contributed by atoms with Gasteiger partial charge in [0.2, 0.25) is 0 Å². The number of likely N-dealkylation sites (tertiary alicyclic amines) is 1. The van der Waals surface area contributed by atoms with Gasteiger partial charge in [0.1, 0.15) is 0 Å². The first-order chi connectivity index (χ1) is 8.31. The molecule has 106 valence electrons. The Kier molecular flexibility index (Phi) is 4.05. The van der Waals surface area contributed by atoms with E-state index in [1.54, 1.807) is 0 Å². The van der Waals surface area contributed by atoms with Crippen LogP contribution in [0.2, 0.25) is 0 Å². The van der Waals surface area contributed by atoms with Crippen LogP contribution in [0.3, 0.4) is 0 Å². The van der Waals surface area contributed by atoms with E-state index in [4.69, 9.17) is 0 Å². The maximum Gasteiger partial charge on any atom is 0.0173 e. The molecule has 2 aliphatic rings. The zero-order chi connectivity index (χ0) is 13.4. The second-order valence-electron chi connectivity index (χ2n) is 7.57. The Morgan fingerprint density at radius 1 is 1.06 bits per heavy atom. The number of hydrogen-bond acceptors (Lipinski definition) is 3. The van der Waals surface area contributed by atoms with Gasteiger partial charge in [-0.2, -0.15) is 0 Å². The van der Waals surface area contributed by atoms with Gasteiger partial charge >= 0.3 is 0 Å². The minimum absolute atomic E-state index is 0.290. The Hall–Kier alpha value is -0.120. The fourth-order valence-electron chi connectivity index (χ4n) is 3.97. The highest BCUT2D eigenvalue weighted by atomic mass is 15.3. The summed E-state index contributed by atoms with van der Waals surface area (Å²) in [6, 6.07) is 0.792. The molecule has 2 fully saturated rings. The van der Waals surface area contributed by atoms with Crippen molar-refractivity contribution in [3.63, 3.8) is 0 Å². The molecule has 2 saturated heterocycles. The normalized spacial score (nSPS) is 31.5. The lowest BCUT2D eigenvalue weighted by molar-refractivity contribution is -0.0386. The molecule has 0 aromatic rings. The standard InChI is InChI=1S/C15H31N3/c1-14(2,3)18-9-6-13(12-15(18,4)5)17-10-7-16-8-11-17/h13,16H,6-12H2,1-5H3. The molecular formula is C15H31N3. The topological polar surface area (TPSA) is 18.5 Å². The van der Waals surface area contributed by atoms with Crippen LogP contribution in [-0.2, 0) is 0 Å². The first-order valence-electron chi connectivity index (χ1n) is 7.53. The summed E-state index contributed by atoms with van der Waals surface area (Å²) < 4.78 is 0. The predicted molar refractivity (Wildman–Crippen MR) is 78.0 cm³/mol. The molecule has 2 rings (SSSR count). The van der Waals surface area contributed by atoms with E-state index in [1.807, 2.05) is 0 Å². The smallest absolute Gasteiger partial charge is 0.0173 e. The van der Waals surface area contributed by atoms with Gasteiger partial charge in [0.25, 0.3) is 0 Å². The number of piperidine rings is 1. The fourth-order valence-corrected chi connectivity index (χ4v) is 3.97. The van der Waals surface area contributed by atoms with Crippen molar-refractivity contribution in [2.24, 2.45) is 0 Å². The summed E-state index contributed by atoms with van der Waals surface area (Å²) in [5, 5.41) is 3.46. The van der Waals surface area contributed by atoms with E-state index in [0.29, 0.717) is 5.54 Å². The van der Waals surface area contributed by atoms with Crippen molar-refractivity contribution in [2.45, 2.75) is 64.6 Å². The molecule has 0 saturated carbocycles. The molecular weight excluding hydrogens is 222 g/mol. The van der Waals surface area contributed by atoms with Crippen LogP contribution < -0.4 is 5.32 Å². The van der Waals surface area contributed by atoms with E-state index in [9.17, 15) is 0 Å². The number of piperazine rings is 1. The van der Waals surface area contributed by atoms with Crippen molar-refractivity contribution in [1.29, 1.82) is 0 Å². The molecule has 1 atom stereocenters. The quantitative estimate of drug-likeness (QED) is 0.770. The average Bonchev–Trinajstić information content (AvgIpc) is 2.27. The Balaban J connectivity index is 2.00. The van der Waals surface area contributed by atoms with E-state index in [1.165, 1.54) is 45.6 Å². The summed E-state index contributed by atoms with van der Waals surface area (Å²) in [5.74, 6) is 0. The second kappa shape index (κ2) is 5.10. The molecule has 3 heteroatoms. The molecule has 0 aliphatic carbocycles. The highest BCUT2D eigenvalue weighted by Gasteiger charge is 2.41. The fraction of sp³-hybridized carbons (Fsp3) is 1.00. The molecule has 2 aliphatic heterocycles. The van der Waals surface area contributed by atoms with Gasteiger partial charge in [-0.05, 0) is 47.5 Å². The number of nitrogens with zero attached hydrogens (tertiary/aromatic N) is 2. The molecule has 0 radical (unpaired) electrons. The van der Waals surface area contributed by atoms with Crippen LogP contribution in [0.4, 0.5) is 0 Å². The average molecular weight is 253 g/mol. The molecule has 0 spiro atoms. The molecule has 0 bridgehead atoms. The molecule has 18 heavy (non-hydrogen) atoms. The lowest BCUT2D eigenvalue weighted by atomic mass is 9.82. The minimum Gasteiger partial charge on any atom is -0.314 e. The van der Waals surface area contributed by atoms with Gasteiger partial charge < -0.3 is 5.32 Å². The third-order valence-corrected chi connectivity index (χ3v) is 4.63. The SMILES string of the molecule is CC(C)(C)N1CCC(N2CCNCC2)CC1(C)C. The van der Waals surface area contributed by atoms with Crippen LogP contribution in [0.25, 0.3) is 0 Å². The Bertz CT molecular complexity index is 274. The van der Waals surface area contributed by atoms with E-state index in [-0.39, 0.29) is 5.54 Å². The molecule has 1 N–H and O–H groups in total. The Morgan fingerprint density at radius 3 is 2.17 bits per heavy atom. The summed E-state index contributed by atoms with van der Waals surface area (Å²) in [6.45, 7) is 17.9. The first kappa shape index (κ1) is 14.3. The summed E-state index contributed by atoms with van der Waals surface area (Å²) >= 11 is 0. The lowest BCUT2D eigenvalue weighted by Gasteiger charge is -2.54. The molecule has 0 aromatic heterocycles. The van der Waals surface area contributed by atoms with Crippen molar-refractivity contribution in [3.8, 4) is 0 Å². The van der Waals surface area contributed by atoms with Gasteiger partial charge in [0, 0.05) is 49.8 Å². The van der Waals surface area contributed by atoms with Crippen LogP contribution >= 0.6 is 0 Å². The lowest BCUT2D eigenvalue weighted by Crippen LogP contribution is -2.62. The Morgan fingerprint density at radius 2 is 1.67 bits per heavy atom. The van der Waals surface area contributed by atoms with Crippen LogP contribution in [-0.4, -0.2) is 59.6 Å². The first-order valence-corrected chi connectivity index (χ1v) is 7.53. The van der Waals surface area contributed by atoms with Crippen molar-refractivity contribution in [1.82, 2.24) is 15.1 Å². The highest BCUT2D eigenvalue weighted by Crippen LogP contribution is 2.35. The molecule has 3 nitrogen and oxygen atoms in total. The van der Waals surface area contributed by atoms with Gasteiger partial charge in [-0.1, -0.05) is 0 Å². The maximum atomic E-state index is 3.46. The van der Waals surface area contributed by atoms with E-state index in [2.05, 4.69) is 49.7 Å². The van der Waals surface area contributed by atoms with Gasteiger partial charge in [-0.3, -0.25) is 9.80 Å². The molecule has 1 unspecified atom stereocenters. The minimum atomic E-state index is 0.290. The maximum absolute atomic E-state index is 3.46. The summed E-state index contributed by atoms with van der Waals surface area (Å²) in [6.07, 6.45) is 2.64. The van der Waals surface area contributed by atoms with E-state index >= 15 is 0 Å². The Labute approximate surface area is 113 Å². The number of rotatable bonds is 1. The van der Waals surface area contributed by atoms with Gasteiger partial charge in [-0.25, -0.2) is 0 Å². The van der Waals surface area contributed by atoms with Gasteiger partial charge in [0.15, 0.2) is 0 Å². The number of hydrogen-bond donors (Lipinski definition) is 1. The third-order valence-electron chi connectivity index (χ3n) is 4.63. The van der Waals surface area contributed by atoms with Gasteiger partial charge in [0.05, 0.1) is 0 Å². The van der Waals surface area contributed by atoms with Crippen LogP contribution in [0.5, 0.6) is 0 Å². The summed E-state index contributed by atoms with van der Waals surface area (Å²) in [5.41, 5.74) is 0.615. The van der Waals surface area contributed by atoms with E-state index < -0.39 is 0 Å². The van der Waals surface area contributed by atoms with Crippen molar-refractivity contribution >= 4 is 0 Å². The van der Waals surface area contributed by atoms with Crippen LogP contribution in [0, 0.1) is 0 Å². The van der Waals surface area contributed by atoms with Crippen molar-refractivity contribution < 1.29 is 0 Å². The molecule has 2 heterocycles. The van der Waals surface area contributed by atoms with E-state index in [0.717, 1.165) is 6.04 Å². The second-order valence-corrected chi connectivity index (χ2v) is 7.57. The third kappa shape index (κ3) is 3.06. The van der Waals surface area contributed by atoms with Crippen LogP contribution in [0.15, 0.2) is 0 Å². The van der Waals surface area contributed by atoms with Crippen molar-refractivity contribution in [3.05, 3.63) is 0 Å². The summed E-state index contributed by atoms with van der Waals surface area (Å²) in [4.78, 5) is 5.40. The molecule has 0 aromatic carbocycles. The monoisotopic (exact) mass is 253 g/mol. The predicted octanol–water partition coefficient (Wildman–Crippen LogP) is 1.93. The largest absolute Gasteiger partial charge is 0.314 e. The molecule has 0 amide bonds.